The van der Waals surface area contributed by atoms with E-state index in [0.717, 1.165) is 53.9 Å². The maximum absolute atomic E-state index is 4.19. The van der Waals surface area contributed by atoms with Crippen LogP contribution in [0.25, 0.3) is 0 Å². The van der Waals surface area contributed by atoms with Gasteiger partial charge in [-0.1, -0.05) is 88.0 Å². The van der Waals surface area contributed by atoms with E-state index in [-0.39, 0.29) is 0 Å². The molecule has 0 radical (unpaired) electrons. The topological polar surface area (TPSA) is 0 Å². The highest BCUT2D eigenvalue weighted by Gasteiger charge is 2.62. The molecule has 0 saturated heterocycles. The highest BCUT2D eigenvalue weighted by molar-refractivity contribution is 9.10. The molecule has 4 bridgehead atoms. The molecule has 1 unspecified atom stereocenters. The molecular weight excluding hydrogens is 367 g/mol. The molecule has 0 nitrogen and oxygen atoms in total. The van der Waals surface area contributed by atoms with Crippen LogP contribution in [0.1, 0.15) is 67.2 Å². The summed E-state index contributed by atoms with van der Waals surface area (Å²) in [7, 11) is 0. The molecule has 0 heterocycles. The van der Waals surface area contributed by atoms with E-state index in [4.69, 9.17) is 0 Å². The molecule has 6 aliphatic rings. The summed E-state index contributed by atoms with van der Waals surface area (Å²) in [6, 6.07) is 0. The van der Waals surface area contributed by atoms with Crippen molar-refractivity contribution in [3.63, 3.8) is 0 Å². The molecule has 6 aliphatic carbocycles. The van der Waals surface area contributed by atoms with Crippen LogP contribution in [0.4, 0.5) is 0 Å². The zero-order chi connectivity index (χ0) is 18.3. The van der Waals surface area contributed by atoms with Crippen LogP contribution < -0.4 is 0 Å². The fraction of sp³-hybridized carbons (Fsp3) is 0.913. The summed E-state index contributed by atoms with van der Waals surface area (Å²) < 4.78 is 0.494. The summed E-state index contributed by atoms with van der Waals surface area (Å²) in [4.78, 5) is 0. The summed E-state index contributed by atoms with van der Waals surface area (Å²) in [5, 5.41) is 0. The van der Waals surface area contributed by atoms with E-state index in [0.29, 0.717) is 15.6 Å². The second kappa shape index (κ2) is 5.89. The average molecular weight is 405 g/mol. The first-order chi connectivity index (χ1) is 11.6. The molecule has 2 heteroatoms. The fourth-order valence-electron chi connectivity index (χ4n) is 8.34. The Bertz CT molecular complexity index is 510. The predicted octanol–water partition coefficient (Wildman–Crippen LogP) is 7.11. The van der Waals surface area contributed by atoms with Crippen molar-refractivity contribution in [3.8, 4) is 0 Å². The summed E-state index contributed by atoms with van der Waals surface area (Å²) in [6.45, 7) is 20.3. The van der Waals surface area contributed by atoms with Crippen molar-refractivity contribution in [1.82, 2.24) is 0 Å². The fourth-order valence-corrected chi connectivity index (χ4v) is 9.13. The quantitative estimate of drug-likeness (QED) is 0.266. The zero-order valence-corrected chi connectivity index (χ0v) is 18.9. The summed E-state index contributed by atoms with van der Waals surface area (Å²) in [6.07, 6.45) is 8.13. The molecule has 0 aromatic carbocycles. The Labute approximate surface area is 165 Å². The Kier molecular flexibility index (Phi) is 4.39. The van der Waals surface area contributed by atoms with E-state index < -0.39 is 0 Å². The average Bonchev–Trinajstić information content (AvgIpc) is 2.56. The maximum Gasteiger partial charge on any atom is 0.168 e. The second-order valence-corrected chi connectivity index (χ2v) is 12.6. The number of rotatable bonds is 4. The molecular formula is C23H38BBr. The zero-order valence-electron chi connectivity index (χ0n) is 17.3. The molecule has 0 aromatic rings. The Balaban J connectivity index is 1.59. The van der Waals surface area contributed by atoms with Gasteiger partial charge in [0, 0.05) is 4.73 Å². The van der Waals surface area contributed by atoms with Crippen molar-refractivity contribution in [3.05, 3.63) is 12.7 Å². The highest BCUT2D eigenvalue weighted by atomic mass is 79.9. The van der Waals surface area contributed by atoms with Gasteiger partial charge in [-0.3, -0.25) is 0 Å². The lowest BCUT2D eigenvalue weighted by molar-refractivity contribution is -0.107. The number of halogens is 1. The predicted molar refractivity (Wildman–Crippen MR) is 114 cm³/mol. The smallest absolute Gasteiger partial charge is 0.103 e. The number of hydrogen-bond acceptors (Lipinski definition) is 0. The monoisotopic (exact) mass is 404 g/mol. The minimum Gasteiger partial charge on any atom is -0.103 e. The maximum atomic E-state index is 4.19. The normalized spacial score (nSPS) is 50.2. The van der Waals surface area contributed by atoms with Crippen molar-refractivity contribution >= 4 is 22.6 Å². The van der Waals surface area contributed by atoms with Crippen molar-refractivity contribution in [2.24, 2.45) is 46.3 Å². The third-order valence-electron chi connectivity index (χ3n) is 10.4. The summed E-state index contributed by atoms with van der Waals surface area (Å²) in [5.41, 5.74) is 1.19. The van der Waals surface area contributed by atoms with E-state index in [9.17, 15) is 0 Å². The van der Waals surface area contributed by atoms with E-state index in [1.54, 1.807) is 0 Å². The van der Waals surface area contributed by atoms with Crippen LogP contribution in [0.3, 0.4) is 0 Å². The van der Waals surface area contributed by atoms with Crippen molar-refractivity contribution < 1.29 is 0 Å². The molecule has 25 heavy (non-hydrogen) atoms. The molecule has 140 valence electrons. The van der Waals surface area contributed by atoms with Gasteiger partial charge >= 0.3 is 0 Å². The van der Waals surface area contributed by atoms with Gasteiger partial charge in [-0.25, -0.2) is 0 Å². The lowest BCUT2D eigenvalue weighted by atomic mass is 9.20. The lowest BCUT2D eigenvalue weighted by Crippen LogP contribution is -2.61. The van der Waals surface area contributed by atoms with Gasteiger partial charge < -0.3 is 0 Å². The van der Waals surface area contributed by atoms with E-state index >= 15 is 0 Å². The van der Waals surface area contributed by atoms with Crippen LogP contribution >= 0.6 is 15.9 Å². The van der Waals surface area contributed by atoms with E-state index in [2.05, 4.69) is 70.1 Å². The summed E-state index contributed by atoms with van der Waals surface area (Å²) >= 11 is 4.08. The number of alkyl halides is 1. The van der Waals surface area contributed by atoms with Crippen LogP contribution in [0, 0.1) is 46.3 Å². The van der Waals surface area contributed by atoms with E-state index in [1.807, 2.05) is 0 Å². The molecule has 0 aromatic heterocycles. The van der Waals surface area contributed by atoms with Crippen LogP contribution in [0.15, 0.2) is 12.7 Å². The Hall–Kier alpha value is 0.285. The third kappa shape index (κ3) is 2.44. The molecule has 0 amide bonds. The molecule has 0 N–H and O–H groups in total. The molecule has 6 saturated carbocycles. The number of allylic oxidation sites excluding steroid dienone is 1. The summed E-state index contributed by atoms with van der Waals surface area (Å²) in [5.74, 6) is 7.39. The van der Waals surface area contributed by atoms with Crippen molar-refractivity contribution in [2.45, 2.75) is 83.6 Å². The minimum atomic E-state index is 0.494. The van der Waals surface area contributed by atoms with E-state index in [1.165, 1.54) is 25.7 Å². The third-order valence-corrected chi connectivity index (χ3v) is 11.4. The molecule has 0 spiro atoms. The van der Waals surface area contributed by atoms with Gasteiger partial charge in [-0.05, 0) is 59.2 Å². The Morgan fingerprint density at radius 3 is 1.56 bits per heavy atom. The van der Waals surface area contributed by atoms with Gasteiger partial charge in [-0.2, -0.15) is 0 Å². The minimum absolute atomic E-state index is 0.494. The molecule has 6 fully saturated rings. The SMILES string of the molecule is C=CC(Br)B([C@@H]1C[C@@H]2C[C@H]([C@H]1C)C2(C)C)[C@@H]1C[C@@H]2C[C@H]([C@H]1C)C2(C)C. The molecule has 0 aliphatic heterocycles. The van der Waals surface area contributed by atoms with Crippen molar-refractivity contribution in [2.75, 3.05) is 0 Å². The second-order valence-electron chi connectivity index (χ2n) is 11.5. The van der Waals surface area contributed by atoms with Gasteiger partial charge in [0.05, 0.1) is 0 Å². The first-order valence-corrected chi connectivity index (χ1v) is 11.8. The first-order valence-electron chi connectivity index (χ1n) is 10.9. The first kappa shape index (κ1) is 18.6. The molecule has 6 rings (SSSR count). The van der Waals surface area contributed by atoms with Crippen LogP contribution in [0.2, 0.25) is 11.6 Å². The number of fused-ring (bicyclic) bond motifs is 4. The van der Waals surface area contributed by atoms with Gasteiger partial charge in [0.25, 0.3) is 0 Å². The van der Waals surface area contributed by atoms with Crippen LogP contribution in [0.5, 0.6) is 0 Å². The standard InChI is InChI=1S/C23H38BBr/c1-8-21(25)24(19-11-15-9-17(13(19)2)22(15,4)5)20-12-16-10-18(14(20)3)23(16,6)7/h8,13-21H,1,9-12H2,2-7H3/t13-,14-,15+,16+,17-,18-,19-,20-,21?/m1/s1. The largest absolute Gasteiger partial charge is 0.168 e. The van der Waals surface area contributed by atoms with Crippen LogP contribution in [-0.4, -0.2) is 11.4 Å². The van der Waals surface area contributed by atoms with Gasteiger partial charge in [0.1, 0.15) is 0 Å². The van der Waals surface area contributed by atoms with Gasteiger partial charge in [0.2, 0.25) is 0 Å². The Morgan fingerprint density at radius 2 is 1.28 bits per heavy atom. The van der Waals surface area contributed by atoms with Crippen molar-refractivity contribution in [1.29, 1.82) is 0 Å². The Morgan fingerprint density at radius 1 is 0.880 bits per heavy atom. The molecule has 9 atom stereocenters. The highest BCUT2D eigenvalue weighted by Crippen LogP contribution is 2.69. The van der Waals surface area contributed by atoms with Crippen LogP contribution in [-0.2, 0) is 0 Å². The number of hydrogen-bond donors (Lipinski definition) is 0. The van der Waals surface area contributed by atoms with Gasteiger partial charge in [0.15, 0.2) is 6.71 Å². The lowest BCUT2D eigenvalue weighted by Gasteiger charge is -2.66. The van der Waals surface area contributed by atoms with Gasteiger partial charge in [-0.15, -0.1) is 6.58 Å².